The molecule has 21 heavy (non-hydrogen) atoms. The van der Waals surface area contributed by atoms with E-state index in [2.05, 4.69) is 4.90 Å². The molecule has 0 saturated carbocycles. The Bertz CT molecular complexity index is 498. The molecule has 2 rings (SSSR count). The first-order valence-corrected chi connectivity index (χ1v) is 6.94. The van der Waals surface area contributed by atoms with Crippen molar-refractivity contribution in [3.63, 3.8) is 0 Å². The van der Waals surface area contributed by atoms with Crippen molar-refractivity contribution in [2.45, 2.75) is 6.04 Å². The Balaban J connectivity index is 2.28. The number of hydrogen-bond acceptors (Lipinski definition) is 5. The highest BCUT2D eigenvalue weighted by Crippen LogP contribution is 2.32. The first-order chi connectivity index (χ1) is 10.1. The van der Waals surface area contributed by atoms with Gasteiger partial charge in [0, 0.05) is 26.2 Å². The van der Waals surface area contributed by atoms with E-state index in [0.29, 0.717) is 17.1 Å². The van der Waals surface area contributed by atoms with Gasteiger partial charge in [-0.2, -0.15) is 0 Å². The number of carboxylic acid groups (broad SMARTS) is 1. The lowest BCUT2D eigenvalue weighted by atomic mass is 10.0. The van der Waals surface area contributed by atoms with Crippen LogP contribution in [0.25, 0.3) is 0 Å². The lowest BCUT2D eigenvalue weighted by molar-refractivity contribution is -0.144. The average molecular weight is 294 g/mol. The van der Waals surface area contributed by atoms with Crippen molar-refractivity contribution >= 4 is 5.97 Å². The Hall–Kier alpha value is -1.79. The van der Waals surface area contributed by atoms with Crippen molar-refractivity contribution in [2.75, 3.05) is 47.4 Å². The Morgan fingerprint density at radius 2 is 1.76 bits per heavy atom. The van der Waals surface area contributed by atoms with E-state index in [1.807, 2.05) is 11.9 Å². The van der Waals surface area contributed by atoms with Gasteiger partial charge in [-0.15, -0.1) is 0 Å². The highest BCUT2D eigenvalue weighted by molar-refractivity contribution is 5.76. The van der Waals surface area contributed by atoms with Crippen LogP contribution in [0.5, 0.6) is 11.5 Å². The second-order valence-corrected chi connectivity index (χ2v) is 5.19. The molecule has 116 valence electrons. The van der Waals surface area contributed by atoms with Crippen molar-refractivity contribution in [3.05, 3.63) is 23.8 Å². The molecule has 1 aromatic rings. The molecule has 0 amide bonds. The van der Waals surface area contributed by atoms with Crippen LogP contribution in [-0.4, -0.2) is 68.3 Å². The first kappa shape index (κ1) is 15.6. The summed E-state index contributed by atoms with van der Waals surface area (Å²) in [5.41, 5.74) is 0.713. The van der Waals surface area contributed by atoms with Crippen molar-refractivity contribution < 1.29 is 19.4 Å². The summed E-state index contributed by atoms with van der Waals surface area (Å²) in [4.78, 5) is 15.9. The summed E-state index contributed by atoms with van der Waals surface area (Å²) in [6.45, 7) is 3.22. The van der Waals surface area contributed by atoms with Crippen LogP contribution in [0, 0.1) is 0 Å². The summed E-state index contributed by atoms with van der Waals surface area (Å²) in [6.07, 6.45) is 0. The molecule has 6 heteroatoms. The summed E-state index contributed by atoms with van der Waals surface area (Å²) < 4.78 is 10.5. The Morgan fingerprint density at radius 3 is 2.29 bits per heavy atom. The van der Waals surface area contributed by atoms with Gasteiger partial charge < -0.3 is 19.5 Å². The quantitative estimate of drug-likeness (QED) is 0.877. The van der Waals surface area contributed by atoms with Crippen LogP contribution >= 0.6 is 0 Å². The molecule has 0 bridgehead atoms. The van der Waals surface area contributed by atoms with Crippen LogP contribution in [0.2, 0.25) is 0 Å². The van der Waals surface area contributed by atoms with E-state index in [4.69, 9.17) is 9.47 Å². The third kappa shape index (κ3) is 3.46. The van der Waals surface area contributed by atoms with Crippen molar-refractivity contribution in [2.24, 2.45) is 0 Å². The number of likely N-dealkylation sites (N-methyl/N-ethyl adjacent to an activating group) is 1. The van der Waals surface area contributed by atoms with Gasteiger partial charge in [0.1, 0.15) is 6.04 Å². The van der Waals surface area contributed by atoms with Crippen molar-refractivity contribution in [3.8, 4) is 11.5 Å². The standard InChI is InChI=1S/C15H22N2O4/c1-16-6-8-17(9-7-16)14(15(18)19)11-4-5-12(20-2)13(10-11)21-3/h4-5,10,14H,6-9H2,1-3H3,(H,18,19). The molecule has 0 aromatic heterocycles. The summed E-state index contributed by atoms with van der Waals surface area (Å²) in [7, 11) is 5.16. The van der Waals surface area contributed by atoms with Crippen LogP contribution in [0.1, 0.15) is 11.6 Å². The van der Waals surface area contributed by atoms with Gasteiger partial charge >= 0.3 is 5.97 Å². The summed E-state index contributed by atoms with van der Waals surface area (Å²) >= 11 is 0. The van der Waals surface area contributed by atoms with Gasteiger partial charge in [-0.25, -0.2) is 0 Å². The van der Waals surface area contributed by atoms with Gasteiger partial charge in [0.05, 0.1) is 14.2 Å². The molecule has 1 saturated heterocycles. The zero-order chi connectivity index (χ0) is 15.4. The largest absolute Gasteiger partial charge is 0.493 e. The average Bonchev–Trinajstić information content (AvgIpc) is 2.49. The Kier molecular flexibility index (Phi) is 5.03. The van der Waals surface area contributed by atoms with E-state index >= 15 is 0 Å². The van der Waals surface area contributed by atoms with E-state index in [-0.39, 0.29) is 0 Å². The molecule has 1 atom stereocenters. The first-order valence-electron chi connectivity index (χ1n) is 6.94. The molecule has 0 aliphatic carbocycles. The van der Waals surface area contributed by atoms with Gasteiger partial charge in [0.15, 0.2) is 11.5 Å². The number of nitrogens with zero attached hydrogens (tertiary/aromatic N) is 2. The minimum Gasteiger partial charge on any atom is -0.493 e. The number of hydrogen-bond donors (Lipinski definition) is 1. The number of aliphatic carboxylic acids is 1. The number of rotatable bonds is 5. The lowest BCUT2D eigenvalue weighted by Gasteiger charge is -2.36. The summed E-state index contributed by atoms with van der Waals surface area (Å²) in [6, 6.07) is 4.63. The molecule has 1 N–H and O–H groups in total. The lowest BCUT2D eigenvalue weighted by Crippen LogP contribution is -2.47. The maximum atomic E-state index is 11.7. The zero-order valence-corrected chi connectivity index (χ0v) is 12.7. The molecule has 1 aliphatic heterocycles. The fourth-order valence-electron chi connectivity index (χ4n) is 2.61. The predicted octanol–water partition coefficient (Wildman–Crippen LogP) is 1.08. The molecular weight excluding hydrogens is 272 g/mol. The third-order valence-electron chi connectivity index (χ3n) is 3.86. The van der Waals surface area contributed by atoms with Gasteiger partial charge in [-0.1, -0.05) is 6.07 Å². The molecule has 1 aliphatic rings. The minimum atomic E-state index is -0.841. The number of benzene rings is 1. The molecule has 0 radical (unpaired) electrons. The summed E-state index contributed by atoms with van der Waals surface area (Å²) in [5, 5.41) is 9.61. The normalized spacial score (nSPS) is 18.2. The SMILES string of the molecule is COc1ccc(C(C(=O)O)N2CCN(C)CC2)cc1OC. The maximum Gasteiger partial charge on any atom is 0.325 e. The van der Waals surface area contributed by atoms with Gasteiger partial charge in [0.25, 0.3) is 0 Å². The fourth-order valence-corrected chi connectivity index (χ4v) is 2.61. The highest BCUT2D eigenvalue weighted by atomic mass is 16.5. The molecule has 1 unspecified atom stereocenters. The smallest absolute Gasteiger partial charge is 0.325 e. The third-order valence-corrected chi connectivity index (χ3v) is 3.86. The number of methoxy groups -OCH3 is 2. The van der Waals surface area contributed by atoms with E-state index in [1.165, 1.54) is 0 Å². The second-order valence-electron chi connectivity index (χ2n) is 5.19. The van der Waals surface area contributed by atoms with E-state index in [1.54, 1.807) is 32.4 Å². The van der Waals surface area contributed by atoms with Crippen molar-refractivity contribution in [1.29, 1.82) is 0 Å². The molecule has 1 fully saturated rings. The predicted molar refractivity (Wildman–Crippen MR) is 79.0 cm³/mol. The van der Waals surface area contributed by atoms with E-state index in [0.717, 1.165) is 26.2 Å². The Labute approximate surface area is 124 Å². The fraction of sp³-hybridized carbons (Fsp3) is 0.533. The monoisotopic (exact) mass is 294 g/mol. The van der Waals surface area contributed by atoms with Crippen LogP contribution in [0.4, 0.5) is 0 Å². The Morgan fingerprint density at radius 1 is 1.14 bits per heavy atom. The molecule has 1 aromatic carbocycles. The molecule has 1 heterocycles. The zero-order valence-electron chi connectivity index (χ0n) is 12.7. The molecule has 6 nitrogen and oxygen atoms in total. The summed E-state index contributed by atoms with van der Waals surface area (Å²) in [5.74, 6) is 0.311. The van der Waals surface area contributed by atoms with E-state index in [9.17, 15) is 9.90 Å². The van der Waals surface area contributed by atoms with Crippen LogP contribution in [-0.2, 0) is 4.79 Å². The van der Waals surface area contributed by atoms with Crippen LogP contribution in [0.15, 0.2) is 18.2 Å². The number of carbonyl (C=O) groups is 1. The molecule has 0 spiro atoms. The van der Waals surface area contributed by atoms with Gasteiger partial charge in [0.2, 0.25) is 0 Å². The maximum absolute atomic E-state index is 11.7. The highest BCUT2D eigenvalue weighted by Gasteiger charge is 2.30. The molecular formula is C15H22N2O4. The topological polar surface area (TPSA) is 62.2 Å². The second kappa shape index (κ2) is 6.78. The van der Waals surface area contributed by atoms with E-state index < -0.39 is 12.0 Å². The van der Waals surface area contributed by atoms with Gasteiger partial charge in [-0.3, -0.25) is 9.69 Å². The number of carboxylic acids is 1. The van der Waals surface area contributed by atoms with Gasteiger partial charge in [-0.05, 0) is 24.7 Å². The number of ether oxygens (including phenoxy) is 2. The van der Waals surface area contributed by atoms with Crippen LogP contribution in [0.3, 0.4) is 0 Å². The minimum absolute atomic E-state index is 0.551. The number of piperazine rings is 1. The van der Waals surface area contributed by atoms with Crippen LogP contribution < -0.4 is 9.47 Å². The van der Waals surface area contributed by atoms with Crippen molar-refractivity contribution in [1.82, 2.24) is 9.80 Å².